The van der Waals surface area contributed by atoms with Gasteiger partial charge in [0.15, 0.2) is 5.69 Å². The summed E-state index contributed by atoms with van der Waals surface area (Å²) in [6, 6.07) is 3.52. The van der Waals surface area contributed by atoms with E-state index in [4.69, 9.17) is 30.9 Å². The lowest BCUT2D eigenvalue weighted by Gasteiger charge is -2.69. The van der Waals surface area contributed by atoms with Crippen LogP contribution >= 0.6 is 11.6 Å². The molecule has 2 heterocycles. The predicted molar refractivity (Wildman–Crippen MR) is 174 cm³/mol. The number of carbonyl (C=O) groups excluding carboxylic acids is 2. The molecule has 45 heavy (non-hydrogen) atoms. The molecule has 6 rings (SSSR count). The van der Waals surface area contributed by atoms with Crippen molar-refractivity contribution >= 4 is 23.7 Å². The maximum atomic E-state index is 13.1. The van der Waals surface area contributed by atoms with E-state index in [-0.39, 0.29) is 38.8 Å². The number of halogens is 1. The number of nitrogens with zero attached hydrogens (tertiary/aromatic N) is 4. The molecule has 9 nitrogen and oxygen atoms in total. The molecule has 4 saturated carbocycles. The van der Waals surface area contributed by atoms with Gasteiger partial charge in [-0.2, -0.15) is 5.10 Å². The molecular formula is C35H51ClN4O5. The second-order valence-corrected chi connectivity index (χ2v) is 17.3. The van der Waals surface area contributed by atoms with E-state index < -0.39 is 17.2 Å². The Hall–Kier alpha value is -2.65. The van der Waals surface area contributed by atoms with Gasteiger partial charge in [-0.3, -0.25) is 4.68 Å². The molecule has 4 aliphatic carbocycles. The molecule has 1 amide bonds. The lowest BCUT2D eigenvalue weighted by molar-refractivity contribution is -0.248. The molecule has 2 aromatic rings. The van der Waals surface area contributed by atoms with Gasteiger partial charge >= 0.3 is 12.1 Å². The van der Waals surface area contributed by atoms with Crippen LogP contribution in [0.3, 0.4) is 0 Å². The summed E-state index contributed by atoms with van der Waals surface area (Å²) >= 11 is 6.22. The number of rotatable bonds is 8. The quantitative estimate of drug-likeness (QED) is 0.214. The first-order chi connectivity index (χ1) is 20.6. The highest BCUT2D eigenvalue weighted by Crippen LogP contribution is 2.72. The summed E-state index contributed by atoms with van der Waals surface area (Å²) in [4.78, 5) is 31.7. The highest BCUT2D eigenvalue weighted by molar-refractivity contribution is 6.29. The first kappa shape index (κ1) is 33.7. The lowest BCUT2D eigenvalue weighted by Crippen LogP contribution is -2.64. The van der Waals surface area contributed by atoms with Gasteiger partial charge in [-0.25, -0.2) is 14.6 Å². The van der Waals surface area contributed by atoms with E-state index in [2.05, 4.69) is 30.4 Å². The van der Waals surface area contributed by atoms with Gasteiger partial charge in [-0.1, -0.05) is 25.4 Å². The third-order valence-corrected chi connectivity index (χ3v) is 9.73. The first-order valence-electron chi connectivity index (χ1n) is 16.1. The van der Waals surface area contributed by atoms with Crippen molar-refractivity contribution in [3.63, 3.8) is 0 Å². The van der Waals surface area contributed by atoms with E-state index in [0.29, 0.717) is 18.7 Å². The Balaban J connectivity index is 1.37. The predicted octanol–water partition coefficient (Wildman–Crippen LogP) is 7.86. The van der Waals surface area contributed by atoms with Crippen molar-refractivity contribution in [1.82, 2.24) is 19.7 Å². The average molecular weight is 643 g/mol. The van der Waals surface area contributed by atoms with Crippen LogP contribution in [0.25, 0.3) is 11.1 Å². The maximum absolute atomic E-state index is 13.1. The van der Waals surface area contributed by atoms with E-state index in [9.17, 15) is 9.59 Å². The second-order valence-electron chi connectivity index (χ2n) is 16.9. The molecule has 0 aliphatic heterocycles. The summed E-state index contributed by atoms with van der Waals surface area (Å²) in [6.07, 6.45) is 7.97. The van der Waals surface area contributed by atoms with Crippen molar-refractivity contribution in [2.75, 3.05) is 20.2 Å². The smallest absolute Gasteiger partial charge is 0.410 e. The zero-order chi connectivity index (χ0) is 33.2. The Kier molecular flexibility index (Phi) is 8.43. The topological polar surface area (TPSA) is 95.8 Å². The first-order valence-corrected chi connectivity index (χ1v) is 16.5. The zero-order valence-corrected chi connectivity index (χ0v) is 29.6. The molecule has 0 radical (unpaired) electrons. The molecule has 0 aromatic carbocycles. The third-order valence-electron chi connectivity index (χ3n) is 9.52. The van der Waals surface area contributed by atoms with Crippen molar-refractivity contribution in [3.05, 3.63) is 34.9 Å². The van der Waals surface area contributed by atoms with Crippen LogP contribution in [0.4, 0.5) is 4.79 Å². The molecule has 10 heteroatoms. The van der Waals surface area contributed by atoms with Gasteiger partial charge in [-0.05, 0) is 115 Å². The van der Waals surface area contributed by atoms with Crippen molar-refractivity contribution < 1.29 is 23.8 Å². The molecule has 0 N–H and O–H groups in total. The summed E-state index contributed by atoms with van der Waals surface area (Å²) in [5, 5.41) is 5.11. The van der Waals surface area contributed by atoms with Gasteiger partial charge in [0.1, 0.15) is 16.4 Å². The van der Waals surface area contributed by atoms with Crippen molar-refractivity contribution in [3.8, 4) is 11.1 Å². The third kappa shape index (κ3) is 7.35. The maximum Gasteiger partial charge on any atom is 0.410 e. The summed E-state index contributed by atoms with van der Waals surface area (Å²) < 4.78 is 20.1. The minimum Gasteiger partial charge on any atom is -0.455 e. The molecule has 4 aliphatic rings. The standard InChI is InChI=1S/C35H51ClN4O5/c1-23-25(24-11-12-26(36)38-27(24)28(41)44-30(2,3)4)15-37-40(23)22-34-17-32(8)16-33(9,18-34)20-35(19-32,21-34)43-14-13-39(10)29(42)45-31(5,6)7/h11-12,15H,13-14,16-22H2,1-10H3. The van der Waals surface area contributed by atoms with Crippen molar-refractivity contribution in [2.45, 2.75) is 124 Å². The van der Waals surface area contributed by atoms with Gasteiger partial charge in [0.25, 0.3) is 0 Å². The van der Waals surface area contributed by atoms with E-state index >= 15 is 0 Å². The Morgan fingerprint density at radius 2 is 1.56 bits per heavy atom. The summed E-state index contributed by atoms with van der Waals surface area (Å²) in [6.45, 7) is 19.8. The van der Waals surface area contributed by atoms with Crippen molar-refractivity contribution in [2.24, 2.45) is 16.2 Å². The Morgan fingerprint density at radius 1 is 0.933 bits per heavy atom. The number of amides is 1. The number of likely N-dealkylation sites (N-methyl/N-ethyl adjacent to an activating group) is 1. The largest absolute Gasteiger partial charge is 0.455 e. The van der Waals surface area contributed by atoms with Gasteiger partial charge in [0, 0.05) is 37.0 Å². The highest BCUT2D eigenvalue weighted by Gasteiger charge is 2.66. The minimum atomic E-state index is -0.661. The van der Waals surface area contributed by atoms with Crippen LogP contribution in [0.1, 0.15) is 110 Å². The normalized spacial score (nSPS) is 29.1. The fraction of sp³-hybridized carbons (Fsp3) is 0.714. The summed E-state index contributed by atoms with van der Waals surface area (Å²) in [5.41, 5.74) is 1.62. The van der Waals surface area contributed by atoms with E-state index in [1.807, 2.05) is 53.8 Å². The fourth-order valence-corrected chi connectivity index (χ4v) is 9.45. The van der Waals surface area contributed by atoms with Crippen LogP contribution in [0.2, 0.25) is 5.15 Å². The molecule has 2 unspecified atom stereocenters. The minimum absolute atomic E-state index is 0.0234. The van der Waals surface area contributed by atoms with E-state index in [1.165, 1.54) is 6.42 Å². The van der Waals surface area contributed by atoms with Crippen LogP contribution in [0.5, 0.6) is 0 Å². The number of aromatic nitrogens is 3. The lowest BCUT2D eigenvalue weighted by atomic mass is 9.39. The Morgan fingerprint density at radius 3 is 2.16 bits per heavy atom. The number of pyridine rings is 1. The SMILES string of the molecule is Cc1c(-c2ccc(Cl)nc2C(=O)OC(C)(C)C)cnn1CC12CC3(C)CC(C)(C1)CC(OCCN(C)C(=O)OC(C)(C)C)(C3)C2. The number of esters is 1. The molecule has 4 bridgehead atoms. The van der Waals surface area contributed by atoms with Gasteiger partial charge < -0.3 is 19.1 Å². The highest BCUT2D eigenvalue weighted by atomic mass is 35.5. The monoisotopic (exact) mass is 642 g/mol. The molecule has 2 aromatic heterocycles. The molecule has 4 fully saturated rings. The van der Waals surface area contributed by atoms with Crippen LogP contribution in [-0.4, -0.2) is 68.7 Å². The molecular weight excluding hydrogens is 592 g/mol. The van der Waals surface area contributed by atoms with E-state index in [1.54, 1.807) is 18.0 Å². The second kappa shape index (κ2) is 11.3. The van der Waals surface area contributed by atoms with Crippen molar-refractivity contribution in [1.29, 1.82) is 0 Å². The average Bonchev–Trinajstić information content (AvgIpc) is 3.18. The molecule has 0 saturated heterocycles. The molecule has 2 atom stereocenters. The van der Waals surface area contributed by atoms with Gasteiger partial charge in [0.05, 0.1) is 18.4 Å². The summed E-state index contributed by atoms with van der Waals surface area (Å²) in [5.74, 6) is -0.509. The van der Waals surface area contributed by atoms with Crippen LogP contribution in [-0.2, 0) is 20.8 Å². The number of carbonyl (C=O) groups is 2. The van der Waals surface area contributed by atoms with Crippen LogP contribution in [0.15, 0.2) is 18.3 Å². The van der Waals surface area contributed by atoms with E-state index in [0.717, 1.165) is 49.9 Å². The number of hydrogen-bond donors (Lipinski definition) is 0. The molecule has 0 spiro atoms. The number of hydrogen-bond acceptors (Lipinski definition) is 7. The Bertz CT molecular complexity index is 1450. The fourth-order valence-electron chi connectivity index (χ4n) is 9.30. The zero-order valence-electron chi connectivity index (χ0n) is 28.8. The van der Waals surface area contributed by atoms with Gasteiger partial charge in [0.2, 0.25) is 0 Å². The van der Waals surface area contributed by atoms with Crippen LogP contribution in [0, 0.1) is 23.2 Å². The Labute approximate surface area is 273 Å². The number of ether oxygens (including phenoxy) is 3. The van der Waals surface area contributed by atoms with Gasteiger partial charge in [-0.15, -0.1) is 0 Å². The molecule has 248 valence electrons. The summed E-state index contributed by atoms with van der Waals surface area (Å²) in [7, 11) is 1.77. The van der Waals surface area contributed by atoms with Crippen LogP contribution < -0.4 is 0 Å².